The summed E-state index contributed by atoms with van der Waals surface area (Å²) in [7, 11) is 0. The first-order valence-corrected chi connectivity index (χ1v) is 9.02. The van der Waals surface area contributed by atoms with Crippen LogP contribution in [0.5, 0.6) is 0 Å². The molecule has 0 unspecified atom stereocenters. The second-order valence-corrected chi connectivity index (χ2v) is 6.82. The van der Waals surface area contributed by atoms with Gasteiger partial charge < -0.3 is 5.73 Å². The van der Waals surface area contributed by atoms with Gasteiger partial charge in [-0.05, 0) is 42.8 Å². The summed E-state index contributed by atoms with van der Waals surface area (Å²) in [5.41, 5.74) is 6.96. The maximum Gasteiger partial charge on any atom is 0.416 e. The lowest BCUT2D eigenvalue weighted by molar-refractivity contribution is -0.137. The van der Waals surface area contributed by atoms with Crippen LogP contribution in [-0.2, 0) is 6.18 Å². The Morgan fingerprint density at radius 2 is 1.88 bits per heavy atom. The second kappa shape index (κ2) is 8.08. The van der Waals surface area contributed by atoms with Crippen LogP contribution >= 0.6 is 0 Å². The smallest absolute Gasteiger partial charge is 0.366 e. The highest BCUT2D eigenvalue weighted by atomic mass is 19.4. The van der Waals surface area contributed by atoms with Gasteiger partial charge in [0, 0.05) is 11.4 Å². The maximum atomic E-state index is 13.3. The number of hydrogen-bond acceptors (Lipinski definition) is 5. The molecule has 0 amide bonds. The summed E-state index contributed by atoms with van der Waals surface area (Å²) in [4.78, 5) is 9.31. The Morgan fingerprint density at radius 1 is 1.19 bits per heavy atom. The van der Waals surface area contributed by atoms with E-state index in [1.54, 1.807) is 31.2 Å². The second-order valence-electron chi connectivity index (χ2n) is 6.82. The minimum Gasteiger partial charge on any atom is -0.366 e. The third-order valence-corrected chi connectivity index (χ3v) is 4.95. The minimum atomic E-state index is -4.52. The third-order valence-electron chi connectivity index (χ3n) is 4.95. The fourth-order valence-electron chi connectivity index (χ4n) is 3.55. The van der Waals surface area contributed by atoms with E-state index in [1.165, 1.54) is 21.7 Å². The van der Waals surface area contributed by atoms with E-state index < -0.39 is 17.8 Å². The number of fused-ring (bicyclic) bond motifs is 1. The largest absolute Gasteiger partial charge is 0.416 e. The first-order valence-electron chi connectivity index (χ1n) is 9.02. The lowest BCUT2D eigenvalue weighted by atomic mass is 9.99. The normalized spacial score (nSPS) is 15.4. The molecule has 0 aliphatic carbocycles. The zero-order valence-corrected chi connectivity index (χ0v) is 16.1. The Bertz CT molecular complexity index is 1270. The Labute approximate surface area is 182 Å². The van der Waals surface area contributed by atoms with Gasteiger partial charge in [0.15, 0.2) is 0 Å². The van der Waals surface area contributed by atoms with Gasteiger partial charge in [0.2, 0.25) is 17.6 Å². The summed E-state index contributed by atoms with van der Waals surface area (Å²) >= 11 is 0. The van der Waals surface area contributed by atoms with E-state index in [4.69, 9.17) is 17.6 Å². The molecule has 10 heteroatoms. The molecule has 0 saturated carbocycles. The number of hydrogen-bond donors (Lipinski definition) is 1. The highest BCUT2D eigenvalue weighted by Crippen LogP contribution is 2.43. The molecule has 2 aromatic carbocycles. The van der Waals surface area contributed by atoms with E-state index in [-0.39, 0.29) is 30.7 Å². The monoisotopic (exact) mass is 437 g/mol. The van der Waals surface area contributed by atoms with Crippen LogP contribution in [0, 0.1) is 17.9 Å². The molecule has 1 aliphatic heterocycles. The van der Waals surface area contributed by atoms with Gasteiger partial charge in [0.05, 0.1) is 23.8 Å². The van der Waals surface area contributed by atoms with Gasteiger partial charge in [-0.1, -0.05) is 25.6 Å². The molecule has 1 aromatic heterocycles. The Hall–Kier alpha value is -4.31. The Morgan fingerprint density at radius 3 is 2.47 bits per heavy atom. The minimum absolute atomic E-state index is 0. The predicted octanol–water partition coefficient (Wildman–Crippen LogP) is 5.28. The Balaban J connectivity index is 0.00000289. The van der Waals surface area contributed by atoms with Gasteiger partial charge >= 0.3 is 6.18 Å². The highest BCUT2D eigenvalue weighted by molar-refractivity contribution is 5.68. The van der Waals surface area contributed by atoms with Crippen molar-refractivity contribution in [2.45, 2.75) is 26.6 Å². The topological polar surface area (TPSA) is 88.1 Å². The van der Waals surface area contributed by atoms with E-state index in [1.807, 2.05) is 6.07 Å². The van der Waals surface area contributed by atoms with Crippen LogP contribution in [0.4, 0.5) is 30.8 Å². The van der Waals surface area contributed by atoms with Crippen LogP contribution in [0.25, 0.3) is 4.85 Å². The molecule has 162 valence electrons. The van der Waals surface area contributed by atoms with Crippen molar-refractivity contribution in [2.75, 3.05) is 10.6 Å². The zero-order valence-electron chi connectivity index (χ0n) is 16.1. The van der Waals surface area contributed by atoms with Gasteiger partial charge in [-0.15, -0.1) is 5.10 Å². The summed E-state index contributed by atoms with van der Waals surface area (Å²) in [5, 5.41) is 13.2. The number of benzene rings is 2. The molecule has 0 bridgehead atoms. The molecule has 0 radical (unpaired) electrons. The molecule has 32 heavy (non-hydrogen) atoms. The zero-order chi connectivity index (χ0) is 22.3. The molecule has 1 aliphatic rings. The number of aromatic nitrogens is 3. The van der Waals surface area contributed by atoms with Crippen molar-refractivity contribution >= 4 is 17.6 Å². The van der Waals surface area contributed by atoms with Crippen LogP contribution in [0.3, 0.4) is 0 Å². The van der Waals surface area contributed by atoms with Crippen LogP contribution in [0.15, 0.2) is 59.9 Å². The highest BCUT2D eigenvalue weighted by Gasteiger charge is 2.37. The van der Waals surface area contributed by atoms with Crippen LogP contribution in [0.2, 0.25) is 0 Å². The molecule has 0 fully saturated rings. The van der Waals surface area contributed by atoms with Crippen molar-refractivity contribution in [2.24, 2.45) is 0 Å². The number of alkyl halides is 3. The number of nitriles is 1. The van der Waals surface area contributed by atoms with Crippen LogP contribution < -0.4 is 10.6 Å². The van der Waals surface area contributed by atoms with Gasteiger partial charge in [0.1, 0.15) is 6.04 Å². The van der Waals surface area contributed by atoms with Crippen molar-refractivity contribution in [1.29, 1.82) is 5.26 Å². The number of halogens is 3. The molecule has 1 atom stereocenters. The molecule has 2 N–H and O–H groups in total. The average molecular weight is 437 g/mol. The van der Waals surface area contributed by atoms with E-state index >= 15 is 0 Å². The fourth-order valence-corrected chi connectivity index (χ4v) is 3.55. The standard InChI is InChI=1S/C21H14F3N7.CH4/c1-12-17(27-2)18(14-8-6-13(11-25)7-9-14)31-20(28-19(26)29-31)30(12)16-5-3-4-15(10-16)21(22,23)24;/h3-10,18H,1H3,(H2,26,29);1H4/t18-;/m1./s1. The number of rotatable bonds is 2. The van der Waals surface area contributed by atoms with E-state index in [2.05, 4.69) is 14.9 Å². The quantitative estimate of drug-likeness (QED) is 0.551. The van der Waals surface area contributed by atoms with Crippen LogP contribution in [-0.4, -0.2) is 14.8 Å². The molecule has 3 aromatic rings. The summed E-state index contributed by atoms with van der Waals surface area (Å²) in [6, 6.07) is 12.7. The third kappa shape index (κ3) is 3.63. The van der Waals surface area contributed by atoms with E-state index in [0.29, 0.717) is 16.8 Å². The van der Waals surface area contributed by atoms with Crippen molar-refractivity contribution in [3.63, 3.8) is 0 Å². The van der Waals surface area contributed by atoms with Gasteiger partial charge in [-0.25, -0.2) is 9.53 Å². The van der Waals surface area contributed by atoms with Crippen molar-refractivity contribution < 1.29 is 13.2 Å². The van der Waals surface area contributed by atoms with Crippen molar-refractivity contribution in [3.05, 3.63) is 88.0 Å². The summed E-state index contributed by atoms with van der Waals surface area (Å²) in [6.07, 6.45) is -4.52. The molecular formula is C22H18F3N7. The lowest BCUT2D eigenvalue weighted by Crippen LogP contribution is -2.30. The van der Waals surface area contributed by atoms with E-state index in [9.17, 15) is 13.2 Å². The number of nitrogens with two attached hydrogens (primary N) is 1. The lowest BCUT2D eigenvalue weighted by Gasteiger charge is -2.34. The average Bonchev–Trinajstić information content (AvgIpc) is 3.13. The first-order chi connectivity index (χ1) is 14.7. The Kier molecular flexibility index (Phi) is 5.65. The van der Waals surface area contributed by atoms with E-state index in [0.717, 1.165) is 12.1 Å². The fraction of sp³-hybridized carbons (Fsp3) is 0.182. The first kappa shape index (κ1) is 22.4. The van der Waals surface area contributed by atoms with Crippen molar-refractivity contribution in [1.82, 2.24) is 14.8 Å². The summed E-state index contributed by atoms with van der Waals surface area (Å²) in [6.45, 7) is 9.38. The van der Waals surface area contributed by atoms with Crippen LogP contribution in [0.1, 0.15) is 37.1 Å². The molecule has 7 nitrogen and oxygen atoms in total. The maximum absolute atomic E-state index is 13.3. The molecular weight excluding hydrogens is 419 g/mol. The SMILES string of the molecule is C.[C-]#[N+]C1=C(C)N(c2cccc(C(F)(F)F)c2)c2nc(N)nn2[C@@H]1c1ccc(C#N)cc1. The molecule has 0 spiro atoms. The summed E-state index contributed by atoms with van der Waals surface area (Å²) in [5.74, 6) is 0.112. The summed E-state index contributed by atoms with van der Waals surface area (Å²) < 4.78 is 41.2. The van der Waals surface area contributed by atoms with Gasteiger partial charge in [0.25, 0.3) is 0 Å². The van der Waals surface area contributed by atoms with Crippen molar-refractivity contribution in [3.8, 4) is 6.07 Å². The number of nitrogens with zero attached hydrogens (tertiary/aromatic N) is 6. The number of allylic oxidation sites excluding steroid dienone is 2. The number of nitrogen functional groups attached to an aromatic ring is 1. The predicted molar refractivity (Wildman–Crippen MR) is 113 cm³/mol. The molecule has 0 saturated heterocycles. The molecule has 4 rings (SSSR count). The molecule has 2 heterocycles. The number of anilines is 3. The van der Waals surface area contributed by atoms with Gasteiger partial charge in [-0.2, -0.15) is 23.4 Å². The van der Waals surface area contributed by atoms with Gasteiger partial charge in [-0.3, -0.25) is 4.90 Å².